The molecule has 18 heavy (non-hydrogen) atoms. The van der Waals surface area contributed by atoms with E-state index in [1.807, 2.05) is 44.2 Å². The number of anilines is 2. The van der Waals surface area contributed by atoms with Crippen molar-refractivity contribution in [3.63, 3.8) is 0 Å². The van der Waals surface area contributed by atoms with Gasteiger partial charge in [-0.2, -0.15) is 0 Å². The summed E-state index contributed by atoms with van der Waals surface area (Å²) in [6.07, 6.45) is 0.582. The van der Waals surface area contributed by atoms with E-state index in [0.717, 1.165) is 31.0 Å². The number of amides is 1. The Morgan fingerprint density at radius 1 is 1.22 bits per heavy atom. The van der Waals surface area contributed by atoms with Gasteiger partial charge in [0.2, 0.25) is 5.91 Å². The Morgan fingerprint density at radius 2 is 1.89 bits per heavy atom. The zero-order valence-corrected chi connectivity index (χ0v) is 11.4. The monoisotopic (exact) mass is 247 g/mol. The highest BCUT2D eigenvalue weighted by atomic mass is 16.2. The van der Waals surface area contributed by atoms with Crippen LogP contribution in [0, 0.1) is 0 Å². The molecular formula is C14H21N3O. The second-order valence-electron chi connectivity index (χ2n) is 5.01. The van der Waals surface area contributed by atoms with Crippen LogP contribution in [0.15, 0.2) is 24.3 Å². The van der Waals surface area contributed by atoms with Crippen LogP contribution in [0.4, 0.5) is 11.4 Å². The van der Waals surface area contributed by atoms with Crippen LogP contribution in [0.25, 0.3) is 0 Å². The number of hydrogen-bond donors (Lipinski definition) is 0. The third-order valence-corrected chi connectivity index (χ3v) is 3.32. The van der Waals surface area contributed by atoms with Crippen LogP contribution >= 0.6 is 0 Å². The fraction of sp³-hybridized carbons (Fsp3) is 0.500. The molecule has 0 bridgehead atoms. The second-order valence-corrected chi connectivity index (χ2v) is 5.01. The molecule has 0 aliphatic carbocycles. The molecule has 1 heterocycles. The second kappa shape index (κ2) is 5.40. The van der Waals surface area contributed by atoms with Gasteiger partial charge in [-0.05, 0) is 26.2 Å². The number of fused-ring (bicyclic) bond motifs is 1. The molecule has 98 valence electrons. The normalized spacial score (nSPS) is 15.9. The Labute approximate surface area is 109 Å². The fourth-order valence-corrected chi connectivity index (χ4v) is 2.21. The van der Waals surface area contributed by atoms with Gasteiger partial charge in [0.15, 0.2) is 0 Å². The molecule has 0 unspecified atom stereocenters. The van der Waals surface area contributed by atoms with E-state index >= 15 is 0 Å². The number of likely N-dealkylation sites (N-methyl/N-ethyl adjacent to an activating group) is 1. The maximum absolute atomic E-state index is 12.2. The third kappa shape index (κ3) is 2.64. The van der Waals surface area contributed by atoms with Crippen LogP contribution in [0.3, 0.4) is 0 Å². The molecule has 1 aromatic carbocycles. The number of hydrogen-bond acceptors (Lipinski definition) is 3. The van der Waals surface area contributed by atoms with Gasteiger partial charge in [-0.15, -0.1) is 0 Å². The van der Waals surface area contributed by atoms with Gasteiger partial charge in [0.25, 0.3) is 0 Å². The fourth-order valence-electron chi connectivity index (χ4n) is 2.21. The average Bonchev–Trinajstić information content (AvgIpc) is 2.47. The Kier molecular flexibility index (Phi) is 3.87. The molecule has 0 N–H and O–H groups in total. The lowest BCUT2D eigenvalue weighted by atomic mass is 10.2. The molecule has 0 saturated heterocycles. The minimum absolute atomic E-state index is 0.216. The van der Waals surface area contributed by atoms with E-state index in [1.165, 1.54) is 0 Å². The first-order valence-electron chi connectivity index (χ1n) is 6.35. The van der Waals surface area contributed by atoms with E-state index in [-0.39, 0.29) is 5.91 Å². The van der Waals surface area contributed by atoms with E-state index in [9.17, 15) is 4.79 Å². The summed E-state index contributed by atoms with van der Waals surface area (Å²) in [6, 6.07) is 8.13. The highest BCUT2D eigenvalue weighted by Gasteiger charge is 2.23. The van der Waals surface area contributed by atoms with Crippen LogP contribution in [-0.2, 0) is 4.79 Å². The minimum atomic E-state index is 0.216. The average molecular weight is 247 g/mol. The molecule has 0 aromatic heterocycles. The predicted molar refractivity (Wildman–Crippen MR) is 75.2 cm³/mol. The van der Waals surface area contributed by atoms with E-state index in [0.29, 0.717) is 6.42 Å². The lowest BCUT2D eigenvalue weighted by molar-refractivity contribution is -0.118. The maximum Gasteiger partial charge on any atom is 0.228 e. The summed E-state index contributed by atoms with van der Waals surface area (Å²) in [5.74, 6) is 0.216. The summed E-state index contributed by atoms with van der Waals surface area (Å²) >= 11 is 0. The van der Waals surface area contributed by atoms with Crippen LogP contribution in [0.2, 0.25) is 0 Å². The van der Waals surface area contributed by atoms with E-state index < -0.39 is 0 Å². The highest BCUT2D eigenvalue weighted by Crippen LogP contribution is 2.31. The molecule has 1 amide bonds. The molecule has 2 rings (SSSR count). The van der Waals surface area contributed by atoms with E-state index in [2.05, 4.69) is 15.9 Å². The van der Waals surface area contributed by atoms with Crippen LogP contribution in [-0.4, -0.2) is 51.6 Å². The first-order valence-corrected chi connectivity index (χ1v) is 6.35. The number of nitrogens with zero attached hydrogens (tertiary/aromatic N) is 3. The van der Waals surface area contributed by atoms with Crippen molar-refractivity contribution in [2.45, 2.75) is 6.42 Å². The SMILES string of the molecule is CN(C)CCN1C(=O)CCN(C)c2ccccc21. The van der Waals surface area contributed by atoms with Crippen molar-refractivity contribution < 1.29 is 4.79 Å². The lowest BCUT2D eigenvalue weighted by Gasteiger charge is -2.25. The standard InChI is InChI=1S/C14H21N3O/c1-15(2)10-11-17-13-7-5-4-6-12(13)16(3)9-8-14(17)18/h4-7H,8-11H2,1-3H3. The van der Waals surface area contributed by atoms with Crippen molar-refractivity contribution in [2.24, 2.45) is 0 Å². The van der Waals surface area contributed by atoms with Crippen LogP contribution in [0.5, 0.6) is 0 Å². The van der Waals surface area contributed by atoms with Crippen molar-refractivity contribution in [2.75, 3.05) is 50.6 Å². The van der Waals surface area contributed by atoms with Crippen LogP contribution in [0.1, 0.15) is 6.42 Å². The Balaban J connectivity index is 2.30. The quantitative estimate of drug-likeness (QED) is 0.808. The largest absolute Gasteiger partial charge is 0.372 e. The van der Waals surface area contributed by atoms with Crippen molar-refractivity contribution in [1.82, 2.24) is 4.90 Å². The van der Waals surface area contributed by atoms with Crippen molar-refractivity contribution >= 4 is 17.3 Å². The number of carbonyl (C=O) groups is 1. The molecule has 0 atom stereocenters. The van der Waals surface area contributed by atoms with E-state index in [4.69, 9.17) is 0 Å². The zero-order valence-electron chi connectivity index (χ0n) is 11.4. The summed E-state index contributed by atoms with van der Waals surface area (Å²) in [4.78, 5) is 18.4. The summed E-state index contributed by atoms with van der Waals surface area (Å²) in [5.41, 5.74) is 2.17. The third-order valence-electron chi connectivity index (χ3n) is 3.32. The summed E-state index contributed by atoms with van der Waals surface area (Å²) in [7, 11) is 6.10. The number of carbonyl (C=O) groups excluding carboxylic acids is 1. The summed E-state index contributed by atoms with van der Waals surface area (Å²) in [6.45, 7) is 2.41. The van der Waals surface area contributed by atoms with Gasteiger partial charge in [-0.25, -0.2) is 0 Å². The van der Waals surface area contributed by atoms with Gasteiger partial charge in [-0.3, -0.25) is 4.79 Å². The Bertz CT molecular complexity index is 431. The van der Waals surface area contributed by atoms with Gasteiger partial charge in [0, 0.05) is 33.1 Å². The van der Waals surface area contributed by atoms with Gasteiger partial charge in [0.05, 0.1) is 11.4 Å². The van der Waals surface area contributed by atoms with Gasteiger partial charge in [0.1, 0.15) is 0 Å². The molecule has 1 aromatic rings. The molecule has 4 nitrogen and oxygen atoms in total. The minimum Gasteiger partial charge on any atom is -0.372 e. The molecule has 0 fully saturated rings. The molecule has 0 spiro atoms. The first kappa shape index (κ1) is 12.9. The van der Waals surface area contributed by atoms with E-state index in [1.54, 1.807) is 0 Å². The predicted octanol–water partition coefficient (Wildman–Crippen LogP) is 1.42. The molecule has 1 aliphatic heterocycles. The van der Waals surface area contributed by atoms with Crippen molar-refractivity contribution in [3.8, 4) is 0 Å². The molecule has 0 saturated carbocycles. The smallest absolute Gasteiger partial charge is 0.228 e. The van der Waals surface area contributed by atoms with Gasteiger partial charge < -0.3 is 14.7 Å². The summed E-state index contributed by atoms with van der Waals surface area (Å²) in [5, 5.41) is 0. The van der Waals surface area contributed by atoms with Gasteiger partial charge >= 0.3 is 0 Å². The van der Waals surface area contributed by atoms with Gasteiger partial charge in [-0.1, -0.05) is 12.1 Å². The molecule has 4 heteroatoms. The van der Waals surface area contributed by atoms with Crippen molar-refractivity contribution in [1.29, 1.82) is 0 Å². The number of benzene rings is 1. The Hall–Kier alpha value is -1.55. The maximum atomic E-state index is 12.2. The molecule has 0 radical (unpaired) electrons. The van der Waals surface area contributed by atoms with Crippen LogP contribution < -0.4 is 9.80 Å². The number of rotatable bonds is 3. The molecular weight excluding hydrogens is 226 g/mol. The van der Waals surface area contributed by atoms with Crippen molar-refractivity contribution in [3.05, 3.63) is 24.3 Å². The molecule has 1 aliphatic rings. The zero-order chi connectivity index (χ0) is 13.1. The topological polar surface area (TPSA) is 26.8 Å². The summed E-state index contributed by atoms with van der Waals surface area (Å²) < 4.78 is 0. The first-order chi connectivity index (χ1) is 8.59. The lowest BCUT2D eigenvalue weighted by Crippen LogP contribution is -2.36. The Morgan fingerprint density at radius 3 is 2.56 bits per heavy atom. The number of para-hydroxylation sites is 2. The highest BCUT2D eigenvalue weighted by molar-refractivity contribution is 5.98.